The SMILES string of the molecule is C=C(c1ccccc1)c1cc(C(=O)OCC)ccc1OCc1ccccc1. The standard InChI is InChI=1S/C24H22O3/c1-3-26-24(25)21-14-15-23(27-17-19-10-6-4-7-11-19)22(16-21)18(2)20-12-8-5-9-13-20/h4-16H,2-3,17H2,1H3. The van der Waals surface area contributed by atoms with Crippen molar-refractivity contribution in [2.45, 2.75) is 13.5 Å². The number of benzene rings is 3. The van der Waals surface area contributed by atoms with Crippen molar-refractivity contribution in [3.05, 3.63) is 108 Å². The molecule has 3 aromatic rings. The van der Waals surface area contributed by atoms with Crippen molar-refractivity contribution in [2.24, 2.45) is 0 Å². The molecule has 0 spiro atoms. The first-order valence-corrected chi connectivity index (χ1v) is 8.91. The van der Waals surface area contributed by atoms with E-state index >= 15 is 0 Å². The Balaban J connectivity index is 1.93. The number of carbonyl (C=O) groups is 1. The van der Waals surface area contributed by atoms with E-state index in [2.05, 4.69) is 6.58 Å². The molecule has 136 valence electrons. The Kier molecular flexibility index (Phi) is 6.06. The minimum absolute atomic E-state index is 0.333. The number of hydrogen-bond acceptors (Lipinski definition) is 3. The van der Waals surface area contributed by atoms with Gasteiger partial charge in [0.05, 0.1) is 12.2 Å². The van der Waals surface area contributed by atoms with Crippen LogP contribution in [0.2, 0.25) is 0 Å². The summed E-state index contributed by atoms with van der Waals surface area (Å²) in [5.74, 6) is 0.329. The van der Waals surface area contributed by atoms with E-state index in [0.29, 0.717) is 24.5 Å². The van der Waals surface area contributed by atoms with Crippen molar-refractivity contribution in [1.29, 1.82) is 0 Å². The molecule has 0 saturated heterocycles. The molecule has 0 aromatic heterocycles. The molecule has 0 bridgehead atoms. The number of esters is 1. The van der Waals surface area contributed by atoms with E-state index in [0.717, 1.165) is 22.3 Å². The summed E-state index contributed by atoms with van der Waals surface area (Å²) in [5, 5.41) is 0. The highest BCUT2D eigenvalue weighted by Crippen LogP contribution is 2.31. The van der Waals surface area contributed by atoms with E-state index in [1.807, 2.05) is 60.7 Å². The summed E-state index contributed by atoms with van der Waals surface area (Å²) in [6, 6.07) is 25.1. The Labute approximate surface area is 159 Å². The average Bonchev–Trinajstić information content (AvgIpc) is 2.73. The molecule has 0 fully saturated rings. The molecule has 0 aliphatic heterocycles. The maximum Gasteiger partial charge on any atom is 0.338 e. The molecule has 0 aliphatic carbocycles. The number of rotatable bonds is 7. The van der Waals surface area contributed by atoms with Crippen LogP contribution in [0.1, 0.15) is 34.0 Å². The van der Waals surface area contributed by atoms with Crippen molar-refractivity contribution >= 4 is 11.5 Å². The molecule has 0 aliphatic rings. The van der Waals surface area contributed by atoms with Gasteiger partial charge in [-0.15, -0.1) is 0 Å². The van der Waals surface area contributed by atoms with Crippen LogP contribution in [-0.2, 0) is 11.3 Å². The van der Waals surface area contributed by atoms with Crippen molar-refractivity contribution in [3.63, 3.8) is 0 Å². The van der Waals surface area contributed by atoms with Crippen molar-refractivity contribution in [2.75, 3.05) is 6.61 Å². The maximum atomic E-state index is 12.2. The van der Waals surface area contributed by atoms with Crippen LogP contribution in [0.25, 0.3) is 5.57 Å². The minimum Gasteiger partial charge on any atom is -0.488 e. The molecular weight excluding hydrogens is 336 g/mol. The highest BCUT2D eigenvalue weighted by Gasteiger charge is 2.15. The summed E-state index contributed by atoms with van der Waals surface area (Å²) >= 11 is 0. The smallest absolute Gasteiger partial charge is 0.338 e. The van der Waals surface area contributed by atoms with Crippen LogP contribution < -0.4 is 4.74 Å². The Morgan fingerprint density at radius 2 is 1.56 bits per heavy atom. The van der Waals surface area contributed by atoms with E-state index in [9.17, 15) is 4.79 Å². The summed E-state index contributed by atoms with van der Waals surface area (Å²) in [6.45, 7) is 6.79. The lowest BCUT2D eigenvalue weighted by Gasteiger charge is -2.15. The van der Waals surface area contributed by atoms with Gasteiger partial charge in [-0.05, 0) is 41.8 Å². The van der Waals surface area contributed by atoms with Crippen LogP contribution in [0, 0.1) is 0 Å². The van der Waals surface area contributed by atoms with Crippen LogP contribution in [-0.4, -0.2) is 12.6 Å². The Hall–Kier alpha value is -3.33. The van der Waals surface area contributed by atoms with Gasteiger partial charge in [0.25, 0.3) is 0 Å². The third-order valence-electron chi connectivity index (χ3n) is 4.18. The summed E-state index contributed by atoms with van der Waals surface area (Å²) in [7, 11) is 0. The Morgan fingerprint density at radius 1 is 0.889 bits per heavy atom. The molecule has 0 amide bonds. The van der Waals surface area contributed by atoms with Gasteiger partial charge in [0.15, 0.2) is 0 Å². The van der Waals surface area contributed by atoms with E-state index in [1.54, 1.807) is 25.1 Å². The fourth-order valence-corrected chi connectivity index (χ4v) is 2.76. The third-order valence-corrected chi connectivity index (χ3v) is 4.18. The zero-order valence-corrected chi connectivity index (χ0v) is 15.4. The average molecular weight is 358 g/mol. The Bertz CT molecular complexity index is 915. The normalized spacial score (nSPS) is 10.3. The fraction of sp³-hybridized carbons (Fsp3) is 0.125. The summed E-state index contributed by atoms with van der Waals surface area (Å²) in [6.07, 6.45) is 0. The minimum atomic E-state index is -0.353. The molecule has 3 nitrogen and oxygen atoms in total. The first kappa shape index (κ1) is 18.5. The summed E-state index contributed by atoms with van der Waals surface area (Å²) in [4.78, 5) is 12.2. The van der Waals surface area contributed by atoms with E-state index in [4.69, 9.17) is 9.47 Å². The molecular formula is C24H22O3. The molecule has 3 heteroatoms. The van der Waals surface area contributed by atoms with Crippen LogP contribution in [0.4, 0.5) is 0 Å². The quantitative estimate of drug-likeness (QED) is 0.523. The van der Waals surface area contributed by atoms with E-state index in [-0.39, 0.29) is 5.97 Å². The second kappa shape index (κ2) is 8.86. The van der Waals surface area contributed by atoms with Gasteiger partial charge in [0, 0.05) is 5.56 Å². The lowest BCUT2D eigenvalue weighted by Crippen LogP contribution is -2.06. The van der Waals surface area contributed by atoms with Crippen molar-refractivity contribution < 1.29 is 14.3 Å². The highest BCUT2D eigenvalue weighted by molar-refractivity contribution is 5.92. The van der Waals surface area contributed by atoms with Gasteiger partial charge in [0.1, 0.15) is 12.4 Å². The second-order valence-corrected chi connectivity index (χ2v) is 6.05. The van der Waals surface area contributed by atoms with Gasteiger partial charge >= 0.3 is 5.97 Å². The molecule has 0 atom stereocenters. The van der Waals surface area contributed by atoms with Gasteiger partial charge in [-0.1, -0.05) is 67.2 Å². The van der Waals surface area contributed by atoms with Crippen LogP contribution in [0.5, 0.6) is 5.75 Å². The van der Waals surface area contributed by atoms with E-state index in [1.165, 1.54) is 0 Å². The lowest BCUT2D eigenvalue weighted by molar-refractivity contribution is 0.0526. The monoisotopic (exact) mass is 358 g/mol. The zero-order chi connectivity index (χ0) is 19.1. The van der Waals surface area contributed by atoms with Gasteiger partial charge in [-0.25, -0.2) is 4.79 Å². The summed E-state index contributed by atoms with van der Waals surface area (Å²) in [5.41, 5.74) is 4.11. The lowest BCUT2D eigenvalue weighted by atomic mass is 9.97. The number of hydrogen-bond donors (Lipinski definition) is 0. The topological polar surface area (TPSA) is 35.5 Å². The van der Waals surface area contributed by atoms with Gasteiger partial charge in [0.2, 0.25) is 0 Å². The third kappa shape index (κ3) is 4.64. The molecule has 0 heterocycles. The van der Waals surface area contributed by atoms with Crippen molar-refractivity contribution in [1.82, 2.24) is 0 Å². The number of carbonyl (C=O) groups excluding carboxylic acids is 1. The van der Waals surface area contributed by atoms with E-state index < -0.39 is 0 Å². The maximum absolute atomic E-state index is 12.2. The van der Waals surface area contributed by atoms with Crippen LogP contribution in [0.3, 0.4) is 0 Å². The molecule has 0 unspecified atom stereocenters. The van der Waals surface area contributed by atoms with Gasteiger partial charge in [-0.2, -0.15) is 0 Å². The predicted molar refractivity (Wildman–Crippen MR) is 108 cm³/mol. The largest absolute Gasteiger partial charge is 0.488 e. The molecule has 0 N–H and O–H groups in total. The van der Waals surface area contributed by atoms with Crippen LogP contribution >= 0.6 is 0 Å². The summed E-state index contributed by atoms with van der Waals surface area (Å²) < 4.78 is 11.2. The zero-order valence-electron chi connectivity index (χ0n) is 15.4. The van der Waals surface area contributed by atoms with Crippen LogP contribution in [0.15, 0.2) is 85.4 Å². The first-order valence-electron chi connectivity index (χ1n) is 8.91. The predicted octanol–water partition coefficient (Wildman–Crippen LogP) is 5.50. The Morgan fingerprint density at radius 3 is 2.22 bits per heavy atom. The molecule has 0 radical (unpaired) electrons. The van der Waals surface area contributed by atoms with Gasteiger partial charge < -0.3 is 9.47 Å². The molecule has 0 saturated carbocycles. The van der Waals surface area contributed by atoms with Crippen molar-refractivity contribution in [3.8, 4) is 5.75 Å². The fourth-order valence-electron chi connectivity index (χ4n) is 2.76. The molecule has 27 heavy (non-hydrogen) atoms. The highest BCUT2D eigenvalue weighted by atomic mass is 16.5. The van der Waals surface area contributed by atoms with Gasteiger partial charge in [-0.3, -0.25) is 0 Å². The first-order chi connectivity index (χ1) is 13.2. The molecule has 3 rings (SSSR count). The molecule has 3 aromatic carbocycles. The second-order valence-electron chi connectivity index (χ2n) is 6.05. The number of ether oxygens (including phenoxy) is 2.